The first-order valence-electron chi connectivity index (χ1n) is 23.4. The van der Waals surface area contributed by atoms with Crippen molar-refractivity contribution in [1.82, 2.24) is 35.3 Å². The van der Waals surface area contributed by atoms with E-state index in [9.17, 15) is 28.8 Å². The average molecular weight is 944 g/mol. The largest absolute Gasteiger partial charge is 0.355 e. The molecule has 3 aromatic rings. The number of imide groups is 1. The van der Waals surface area contributed by atoms with Crippen LogP contribution in [0.1, 0.15) is 112 Å². The molecule has 6 amide bonds. The van der Waals surface area contributed by atoms with Gasteiger partial charge in [0.2, 0.25) is 29.5 Å². The Kier molecular flexibility index (Phi) is 17.1. The van der Waals surface area contributed by atoms with Gasteiger partial charge in [-0.3, -0.25) is 39.0 Å². The number of amides is 6. The summed E-state index contributed by atoms with van der Waals surface area (Å²) in [5.41, 5.74) is 8.91. The van der Waals surface area contributed by atoms with Crippen molar-refractivity contribution in [2.45, 2.75) is 119 Å². The Bertz CT molecular complexity index is 2230. The highest BCUT2D eigenvalue weighted by molar-refractivity contribution is 7.99. The second kappa shape index (κ2) is 23.1. The zero-order valence-electron chi connectivity index (χ0n) is 38.0. The molecule has 18 heteroatoms. The molecule has 0 spiro atoms. The van der Waals surface area contributed by atoms with Gasteiger partial charge in [-0.2, -0.15) is 0 Å². The Balaban J connectivity index is 0.706. The van der Waals surface area contributed by atoms with Crippen LogP contribution in [-0.2, 0) is 37.1 Å². The molecule has 0 saturated carbocycles. The summed E-state index contributed by atoms with van der Waals surface area (Å²) in [4.78, 5) is 93.3. The molecule has 7 rings (SSSR count). The summed E-state index contributed by atoms with van der Waals surface area (Å²) in [6.07, 6.45) is 13.0. The molecule has 5 heterocycles. The van der Waals surface area contributed by atoms with Gasteiger partial charge in [-0.05, 0) is 79.9 Å². The smallest absolute Gasteiger partial charge is 0.255 e. The zero-order chi connectivity index (χ0) is 46.6. The minimum Gasteiger partial charge on any atom is -0.355 e. The first-order valence-corrected chi connectivity index (χ1v) is 24.6. The molecule has 1 aromatic heterocycles. The molecule has 66 heavy (non-hydrogen) atoms. The number of hydrogen-bond acceptors (Lipinski definition) is 12. The van der Waals surface area contributed by atoms with Crippen molar-refractivity contribution in [1.29, 1.82) is 0 Å². The third-order valence-electron chi connectivity index (χ3n) is 13.4. The van der Waals surface area contributed by atoms with E-state index in [-0.39, 0.29) is 54.2 Å². The number of piperazine rings is 1. The molecule has 3 saturated heterocycles. The third kappa shape index (κ3) is 13.1. The predicted molar refractivity (Wildman–Crippen MR) is 254 cm³/mol. The van der Waals surface area contributed by atoms with E-state index in [0.29, 0.717) is 66.9 Å². The van der Waals surface area contributed by atoms with E-state index in [4.69, 9.17) is 17.3 Å². The van der Waals surface area contributed by atoms with Crippen molar-refractivity contribution in [3.05, 3.63) is 70.5 Å². The summed E-state index contributed by atoms with van der Waals surface area (Å²) >= 11 is 8.11. The van der Waals surface area contributed by atoms with E-state index in [1.165, 1.54) is 16.7 Å². The van der Waals surface area contributed by atoms with Crippen molar-refractivity contribution in [3.63, 3.8) is 0 Å². The fourth-order valence-electron chi connectivity index (χ4n) is 8.97. The van der Waals surface area contributed by atoms with Crippen molar-refractivity contribution in [2.24, 2.45) is 11.1 Å². The number of benzene rings is 2. The van der Waals surface area contributed by atoms with Crippen LogP contribution in [0.25, 0.3) is 0 Å². The first-order chi connectivity index (χ1) is 31.9. The Morgan fingerprint density at radius 3 is 2.38 bits per heavy atom. The monoisotopic (exact) mass is 942 g/mol. The maximum Gasteiger partial charge on any atom is 0.255 e. The molecular formula is C48H63ClN10O6S. The van der Waals surface area contributed by atoms with Gasteiger partial charge in [0.25, 0.3) is 5.91 Å². The number of rotatable bonds is 20. The zero-order valence-corrected chi connectivity index (χ0v) is 39.5. The molecule has 1 atom stereocenters. The molecule has 4 aliphatic heterocycles. The van der Waals surface area contributed by atoms with Gasteiger partial charge >= 0.3 is 0 Å². The first kappa shape index (κ1) is 48.8. The summed E-state index contributed by atoms with van der Waals surface area (Å²) in [6.45, 7) is 9.32. The summed E-state index contributed by atoms with van der Waals surface area (Å²) in [6, 6.07) is 10.3. The van der Waals surface area contributed by atoms with Crippen molar-refractivity contribution < 1.29 is 28.8 Å². The highest BCUT2D eigenvalue weighted by Crippen LogP contribution is 2.37. The fraction of sp³-hybridized carbons (Fsp3) is 0.542. The maximum absolute atomic E-state index is 13.0. The lowest BCUT2D eigenvalue weighted by Gasteiger charge is -2.39. The van der Waals surface area contributed by atoms with E-state index in [2.05, 4.69) is 42.6 Å². The Hall–Kier alpha value is -5.10. The van der Waals surface area contributed by atoms with E-state index in [0.717, 1.165) is 106 Å². The molecular weight excluding hydrogens is 880 g/mol. The number of carbonyl (C=O) groups is 6. The van der Waals surface area contributed by atoms with Crippen LogP contribution < -0.4 is 26.6 Å². The number of aromatic nitrogens is 2. The van der Waals surface area contributed by atoms with Crippen LogP contribution in [-0.4, -0.2) is 119 Å². The minimum absolute atomic E-state index is 0.00239. The van der Waals surface area contributed by atoms with Crippen LogP contribution in [0.3, 0.4) is 0 Å². The van der Waals surface area contributed by atoms with Gasteiger partial charge < -0.3 is 31.1 Å². The van der Waals surface area contributed by atoms with Crippen LogP contribution in [0.5, 0.6) is 0 Å². The summed E-state index contributed by atoms with van der Waals surface area (Å²) in [5.74, 6) is -0.393. The van der Waals surface area contributed by atoms with Gasteiger partial charge in [-0.25, -0.2) is 9.97 Å². The molecule has 0 aliphatic carbocycles. The number of carbonyl (C=O) groups excluding carboxylic acids is 6. The summed E-state index contributed by atoms with van der Waals surface area (Å²) in [7, 11) is 0. The fourth-order valence-corrected chi connectivity index (χ4v) is 10.0. The normalized spacial score (nSPS) is 18.6. The topological polar surface area (TPSA) is 203 Å². The number of piperidine rings is 2. The Morgan fingerprint density at radius 2 is 1.65 bits per heavy atom. The quantitative estimate of drug-likeness (QED) is 0.0818. The van der Waals surface area contributed by atoms with Crippen LogP contribution in [0.15, 0.2) is 58.7 Å². The second-order valence-electron chi connectivity index (χ2n) is 18.2. The van der Waals surface area contributed by atoms with Gasteiger partial charge in [0.1, 0.15) is 16.9 Å². The van der Waals surface area contributed by atoms with Gasteiger partial charge in [0.15, 0.2) is 0 Å². The third-order valence-corrected chi connectivity index (χ3v) is 14.8. The molecule has 2 aromatic carbocycles. The standard InChI is InChI=1S/C48H63ClN10O6S/c1-48(32-50)18-21-57(22-19-48)39-29-53-43(30-51-39)66-38-10-8-9-36(45(38)49)54-41(61)16-17-44(63)58-25-23-56(24-26-58)20-7-5-3-2-4-6-11-40(60)52-28-33-12-13-35-34(27-33)31-59(47(35)65)37-14-15-42(62)55-46(37)64/h8-10,12-13,27,29-30,37H,2-7,11,14-26,28,31-32,50H2,1H3,(H,52,60)(H,54,61)(H,55,62,64). The highest BCUT2D eigenvalue weighted by atomic mass is 35.5. The summed E-state index contributed by atoms with van der Waals surface area (Å²) < 4.78 is 0. The van der Waals surface area contributed by atoms with Crippen molar-refractivity contribution >= 4 is 70.3 Å². The number of nitrogens with one attached hydrogen (secondary N) is 3. The molecule has 4 aliphatic rings. The van der Waals surface area contributed by atoms with Gasteiger partial charge in [-0.1, -0.05) is 74.2 Å². The number of fused-ring (bicyclic) bond motifs is 1. The molecule has 354 valence electrons. The Morgan fingerprint density at radius 1 is 0.894 bits per heavy atom. The molecule has 0 bridgehead atoms. The SMILES string of the molecule is CC1(CN)CCN(c2cnc(Sc3cccc(NC(=O)CCC(=O)N4CCN(CCCCCCCCC(=O)NCc5ccc6c(c5)CN(C5CCC(=O)NC5=O)C6=O)CC4)c3Cl)cn2)CC1. The molecule has 1 unspecified atom stereocenters. The van der Waals surface area contributed by atoms with Gasteiger partial charge in [0, 0.05) is 88.5 Å². The lowest BCUT2D eigenvalue weighted by Crippen LogP contribution is -2.52. The molecule has 5 N–H and O–H groups in total. The minimum atomic E-state index is -0.650. The van der Waals surface area contributed by atoms with Gasteiger partial charge in [-0.15, -0.1) is 0 Å². The number of unbranched alkanes of at least 4 members (excludes halogenated alkanes) is 5. The van der Waals surface area contributed by atoms with E-state index >= 15 is 0 Å². The second-order valence-corrected chi connectivity index (χ2v) is 19.7. The van der Waals surface area contributed by atoms with Crippen molar-refractivity contribution in [2.75, 3.05) is 62.6 Å². The predicted octanol–water partition coefficient (Wildman–Crippen LogP) is 5.52. The molecule has 16 nitrogen and oxygen atoms in total. The number of halogens is 1. The van der Waals surface area contributed by atoms with Crippen LogP contribution >= 0.6 is 23.4 Å². The van der Waals surface area contributed by atoms with Gasteiger partial charge in [0.05, 0.1) is 23.1 Å². The van der Waals surface area contributed by atoms with E-state index in [1.807, 2.05) is 29.2 Å². The molecule has 0 radical (unpaired) electrons. The molecule has 3 fully saturated rings. The Labute approximate surface area is 396 Å². The number of nitrogens with two attached hydrogens (primary N) is 1. The lowest BCUT2D eigenvalue weighted by molar-refractivity contribution is -0.137. The van der Waals surface area contributed by atoms with Crippen LogP contribution in [0.2, 0.25) is 5.02 Å². The van der Waals surface area contributed by atoms with E-state index in [1.54, 1.807) is 24.5 Å². The van der Waals surface area contributed by atoms with Crippen LogP contribution in [0.4, 0.5) is 11.5 Å². The number of nitrogens with zero attached hydrogens (tertiary/aromatic N) is 6. The van der Waals surface area contributed by atoms with Crippen LogP contribution in [0, 0.1) is 5.41 Å². The average Bonchev–Trinajstić information content (AvgIpc) is 3.64. The number of anilines is 2. The summed E-state index contributed by atoms with van der Waals surface area (Å²) in [5, 5.41) is 9.31. The van der Waals surface area contributed by atoms with Crippen molar-refractivity contribution in [3.8, 4) is 0 Å². The number of hydrogen-bond donors (Lipinski definition) is 4. The lowest BCUT2D eigenvalue weighted by atomic mass is 9.80. The van der Waals surface area contributed by atoms with E-state index < -0.39 is 11.9 Å². The highest BCUT2D eigenvalue weighted by Gasteiger charge is 2.39. The maximum atomic E-state index is 13.0.